The highest BCUT2D eigenvalue weighted by molar-refractivity contribution is 8.14. The summed E-state index contributed by atoms with van der Waals surface area (Å²) in [6, 6.07) is 19.3. The number of alkyl halides is 3. The molecule has 8 nitrogen and oxygen atoms in total. The van der Waals surface area contributed by atoms with Gasteiger partial charge in [-0.2, -0.15) is 4.99 Å². The van der Waals surface area contributed by atoms with Gasteiger partial charge in [0.1, 0.15) is 12.1 Å². The van der Waals surface area contributed by atoms with Crippen molar-refractivity contribution in [2.75, 3.05) is 23.7 Å². The van der Waals surface area contributed by atoms with E-state index in [4.69, 9.17) is 0 Å². The minimum Gasteiger partial charge on any atom is -0.406 e. The lowest BCUT2D eigenvalue weighted by molar-refractivity contribution is -0.274. The monoisotopic (exact) mass is 622 g/mol. The fraction of sp³-hybridized carbons (Fsp3) is 0.312. The van der Waals surface area contributed by atoms with Crippen LogP contribution < -0.4 is 15.0 Å². The van der Waals surface area contributed by atoms with Crippen molar-refractivity contribution in [3.63, 3.8) is 0 Å². The van der Waals surface area contributed by atoms with Gasteiger partial charge in [-0.1, -0.05) is 54.2 Å². The fourth-order valence-corrected chi connectivity index (χ4v) is 5.95. The third-order valence-electron chi connectivity index (χ3n) is 7.10. The second kappa shape index (κ2) is 14.0. The van der Waals surface area contributed by atoms with Gasteiger partial charge < -0.3 is 15.0 Å². The molecule has 5 rings (SSSR count). The average Bonchev–Trinajstić information content (AvgIpc) is 3.48. The lowest BCUT2D eigenvalue weighted by Crippen LogP contribution is -2.36. The summed E-state index contributed by atoms with van der Waals surface area (Å²) in [7, 11) is 0. The van der Waals surface area contributed by atoms with Gasteiger partial charge in [0.15, 0.2) is 11.0 Å². The van der Waals surface area contributed by atoms with Crippen LogP contribution in [0.4, 0.5) is 23.7 Å². The van der Waals surface area contributed by atoms with Crippen molar-refractivity contribution in [1.29, 1.82) is 0 Å². The maximum Gasteiger partial charge on any atom is 0.573 e. The summed E-state index contributed by atoms with van der Waals surface area (Å²) in [6.07, 6.45) is 0.398. The predicted octanol–water partition coefficient (Wildman–Crippen LogP) is 7.48. The van der Waals surface area contributed by atoms with E-state index in [1.165, 1.54) is 46.4 Å². The number of halogens is 3. The third-order valence-corrected chi connectivity index (χ3v) is 8.16. The molecule has 2 amide bonds. The van der Waals surface area contributed by atoms with Gasteiger partial charge >= 0.3 is 12.4 Å². The number of urea groups is 1. The largest absolute Gasteiger partial charge is 0.573 e. The molecule has 1 saturated heterocycles. The summed E-state index contributed by atoms with van der Waals surface area (Å²) in [5, 5.41) is 8.13. The Kier molecular flexibility index (Phi) is 9.89. The molecule has 1 N–H and O–H groups in total. The van der Waals surface area contributed by atoms with E-state index in [0.29, 0.717) is 18.1 Å². The second-order valence-electron chi connectivity index (χ2n) is 10.4. The van der Waals surface area contributed by atoms with Gasteiger partial charge in [0.25, 0.3) is 0 Å². The zero-order valence-corrected chi connectivity index (χ0v) is 25.3. The number of aliphatic imine (C=N–C) groups is 1. The van der Waals surface area contributed by atoms with E-state index < -0.39 is 6.36 Å². The van der Waals surface area contributed by atoms with Gasteiger partial charge in [-0.25, -0.2) is 14.5 Å². The number of aryl methyl sites for hydroxylation is 3. The number of amides is 2. The Morgan fingerprint density at radius 3 is 2.45 bits per heavy atom. The van der Waals surface area contributed by atoms with E-state index >= 15 is 0 Å². The summed E-state index contributed by atoms with van der Waals surface area (Å²) < 4.78 is 42.6. The number of anilines is 1. The van der Waals surface area contributed by atoms with Crippen LogP contribution in [0.3, 0.4) is 0 Å². The number of carbonyl (C=O) groups is 1. The van der Waals surface area contributed by atoms with Crippen molar-refractivity contribution in [3.8, 4) is 22.8 Å². The maximum absolute atomic E-state index is 12.6. The van der Waals surface area contributed by atoms with Crippen molar-refractivity contribution in [2.24, 2.45) is 4.99 Å². The van der Waals surface area contributed by atoms with Crippen molar-refractivity contribution in [2.45, 2.75) is 45.9 Å². The Bertz CT molecular complexity index is 1580. The van der Waals surface area contributed by atoms with Gasteiger partial charge in [0.05, 0.1) is 5.69 Å². The first kappa shape index (κ1) is 31.1. The molecule has 0 unspecified atom stereocenters. The van der Waals surface area contributed by atoms with Gasteiger partial charge in [-0.15, -0.1) is 18.3 Å². The molecule has 0 aliphatic carbocycles. The van der Waals surface area contributed by atoms with E-state index in [0.717, 1.165) is 60.0 Å². The summed E-state index contributed by atoms with van der Waals surface area (Å²) in [4.78, 5) is 23.5. The molecule has 44 heavy (non-hydrogen) atoms. The molecule has 230 valence electrons. The van der Waals surface area contributed by atoms with E-state index in [2.05, 4.69) is 56.0 Å². The van der Waals surface area contributed by atoms with Crippen LogP contribution in [-0.2, 0) is 6.42 Å². The summed E-state index contributed by atoms with van der Waals surface area (Å²) in [6.45, 7) is 5.57. The van der Waals surface area contributed by atoms with Crippen molar-refractivity contribution in [1.82, 2.24) is 20.1 Å². The summed E-state index contributed by atoms with van der Waals surface area (Å²) in [5.74, 6) is 1.15. The quantitative estimate of drug-likeness (QED) is 0.195. The lowest BCUT2D eigenvalue weighted by Gasteiger charge is -2.31. The number of para-hydroxylation sites is 1. The van der Waals surface area contributed by atoms with Crippen molar-refractivity contribution < 1.29 is 22.7 Å². The van der Waals surface area contributed by atoms with Crippen molar-refractivity contribution in [3.05, 3.63) is 89.7 Å². The first-order chi connectivity index (χ1) is 21.2. The molecule has 0 atom stereocenters. The third kappa shape index (κ3) is 8.19. The smallest absolute Gasteiger partial charge is 0.406 e. The molecular formula is C32H33F3N6O2S. The van der Waals surface area contributed by atoms with Crippen LogP contribution in [0.5, 0.6) is 5.75 Å². The predicted molar refractivity (Wildman–Crippen MR) is 168 cm³/mol. The van der Waals surface area contributed by atoms with E-state index in [1.807, 2.05) is 30.3 Å². The molecule has 4 aromatic rings. The van der Waals surface area contributed by atoms with E-state index in [9.17, 15) is 18.0 Å². The Balaban J connectivity index is 1.08. The lowest BCUT2D eigenvalue weighted by atomic mass is 10.1. The number of nitrogens with one attached hydrogen (secondary N) is 1. The van der Waals surface area contributed by atoms with E-state index in [-0.39, 0.29) is 11.8 Å². The molecular weight excluding hydrogens is 589 g/mol. The number of ether oxygens (including phenoxy) is 1. The number of thioether (sulfide) groups is 1. The maximum atomic E-state index is 12.6. The van der Waals surface area contributed by atoms with Crippen LogP contribution in [0.1, 0.15) is 36.0 Å². The Labute approximate surface area is 258 Å². The second-order valence-corrected chi connectivity index (χ2v) is 11.5. The van der Waals surface area contributed by atoms with Crippen LogP contribution >= 0.6 is 11.8 Å². The number of hydrogen-bond acceptors (Lipinski definition) is 5. The number of carbonyl (C=O) groups excluding carboxylic acids is 1. The molecule has 1 fully saturated rings. The number of unbranched alkanes of at least 4 members (excludes halogenated alkanes) is 1. The number of hydrogen-bond donors (Lipinski definition) is 1. The first-order valence-corrected chi connectivity index (χ1v) is 15.3. The number of rotatable bonds is 9. The molecule has 1 aliphatic rings. The number of nitrogens with zero attached hydrogens (tertiary/aromatic N) is 5. The molecule has 1 aliphatic heterocycles. The topological polar surface area (TPSA) is 84.6 Å². The van der Waals surface area contributed by atoms with Crippen LogP contribution in [0.15, 0.2) is 78.0 Å². The molecule has 2 heterocycles. The minimum absolute atomic E-state index is 0.299. The molecule has 0 radical (unpaired) electrons. The van der Waals surface area contributed by atoms with Gasteiger partial charge in [0, 0.05) is 30.1 Å². The minimum atomic E-state index is -4.74. The molecule has 3 aromatic carbocycles. The highest BCUT2D eigenvalue weighted by Gasteiger charge is 2.31. The zero-order chi connectivity index (χ0) is 31.1. The highest BCUT2D eigenvalue weighted by Crippen LogP contribution is 2.31. The van der Waals surface area contributed by atoms with E-state index in [1.54, 1.807) is 11.8 Å². The Morgan fingerprint density at radius 2 is 1.75 bits per heavy atom. The standard InChI is InChI=1S/C32H33F3N6O2S/c1-22-7-5-8-23(2)28(22)40-19-6-20-44-31(40)38-30(42)36-18-4-3-9-24-10-12-25(13-11-24)29-37-21-41(39-29)26-14-16-27(17-15-26)43-32(33,34)35/h5,7-8,10-17,21H,3-4,6,9,18-20H2,1-2H3,(H,36,42). The molecule has 1 aromatic heterocycles. The Morgan fingerprint density at radius 1 is 1.02 bits per heavy atom. The molecule has 0 bridgehead atoms. The van der Waals surface area contributed by atoms with Crippen LogP contribution in [0.25, 0.3) is 17.1 Å². The Hall–Kier alpha value is -4.32. The SMILES string of the molecule is Cc1cccc(C)c1N1CCCSC1=NC(=O)NCCCCc1ccc(-c2ncn(-c3ccc(OC(F)(F)F)cc3)n2)cc1. The average molecular weight is 623 g/mol. The van der Waals surface area contributed by atoms with Crippen molar-refractivity contribution >= 4 is 28.6 Å². The van der Waals surface area contributed by atoms with Crippen LogP contribution in [-0.4, -0.2) is 51.2 Å². The molecule has 12 heteroatoms. The summed E-state index contributed by atoms with van der Waals surface area (Å²) >= 11 is 1.62. The van der Waals surface area contributed by atoms with Gasteiger partial charge in [0.2, 0.25) is 0 Å². The zero-order valence-electron chi connectivity index (χ0n) is 24.5. The van der Waals surface area contributed by atoms with Crippen LogP contribution in [0, 0.1) is 13.8 Å². The number of amidine groups is 1. The highest BCUT2D eigenvalue weighted by atomic mass is 32.2. The fourth-order valence-electron chi connectivity index (χ4n) is 5.01. The molecule has 0 spiro atoms. The van der Waals surface area contributed by atoms with Gasteiger partial charge in [-0.05, 0) is 80.5 Å². The van der Waals surface area contributed by atoms with Crippen LogP contribution in [0.2, 0.25) is 0 Å². The first-order valence-electron chi connectivity index (χ1n) is 14.4. The number of benzene rings is 3. The number of aromatic nitrogens is 3. The molecule has 0 saturated carbocycles. The normalized spacial score (nSPS) is 14.6. The van der Waals surface area contributed by atoms with Gasteiger partial charge in [-0.3, -0.25) is 0 Å². The summed E-state index contributed by atoms with van der Waals surface area (Å²) in [5.41, 5.74) is 6.02.